The maximum Gasteiger partial charge on any atom is 0.203 e. The van der Waals surface area contributed by atoms with Crippen molar-refractivity contribution < 1.29 is 42.3 Å². The van der Waals surface area contributed by atoms with Crippen molar-refractivity contribution in [3.63, 3.8) is 0 Å². The molecule has 0 unspecified atom stereocenters. The van der Waals surface area contributed by atoms with Gasteiger partial charge >= 0.3 is 0 Å². The van der Waals surface area contributed by atoms with Gasteiger partial charge in [-0.2, -0.15) is 0 Å². The van der Waals surface area contributed by atoms with E-state index in [1.54, 1.807) is 14.2 Å². The second-order valence-electron chi connectivity index (χ2n) is 13.7. The number of benzene rings is 3. The maximum atomic E-state index is 7.16. The third-order valence-corrected chi connectivity index (χ3v) is 15.6. The molecule has 0 N–H and O–H groups in total. The van der Waals surface area contributed by atoms with Crippen LogP contribution in [0.2, 0.25) is 16.6 Å². The van der Waals surface area contributed by atoms with E-state index >= 15 is 0 Å². The van der Waals surface area contributed by atoms with E-state index in [2.05, 4.69) is 59.6 Å². The maximum absolute atomic E-state index is 7.16. The van der Waals surface area contributed by atoms with Gasteiger partial charge in [0.1, 0.15) is 36.6 Å². The van der Waals surface area contributed by atoms with Gasteiger partial charge in [0.2, 0.25) is 8.32 Å². The summed E-state index contributed by atoms with van der Waals surface area (Å²) in [5, 5.41) is 0. The highest BCUT2D eigenvalue weighted by Gasteiger charge is 2.45. The Morgan fingerprint density at radius 3 is 1.53 bits per heavy atom. The number of rotatable bonds is 27. The first-order valence-electron chi connectivity index (χ1n) is 18.6. The van der Waals surface area contributed by atoms with Crippen molar-refractivity contribution in [3.05, 3.63) is 95.6 Å². The zero-order valence-corrected chi connectivity index (χ0v) is 34.1. The van der Waals surface area contributed by atoms with E-state index in [0.29, 0.717) is 56.3 Å². The Morgan fingerprint density at radius 2 is 1.06 bits per heavy atom. The van der Waals surface area contributed by atoms with E-state index in [0.717, 1.165) is 28.2 Å². The summed E-state index contributed by atoms with van der Waals surface area (Å²) in [5.74, 6) is 3.95. The SMILES string of the molecule is C#CCOCCOCCOCCO[C@H](COCO[Si](C(C)C)(C(C)C)C(C)C)COC(c1ccccc1)(c1ccc(OC)cc1)c1ccc(OC)cc1. The standard InChI is InChI=1S/C43H62O9Si/c1-10-24-46-25-26-47-27-28-48-29-30-50-42(31-49-33-52-53(34(2)3,35(4)5)36(6)7)32-51-43(37-14-12-11-13-15-37,38-16-20-40(44-8)21-17-38)39-18-22-41(45-9)23-19-39/h1,11-23,34-36,42H,24-33H2,2-9H3/t42-/m1/s1. The predicted molar refractivity (Wildman–Crippen MR) is 212 cm³/mol. The van der Waals surface area contributed by atoms with E-state index in [1.165, 1.54) is 0 Å². The summed E-state index contributed by atoms with van der Waals surface area (Å²) >= 11 is 0. The molecule has 10 heteroatoms. The van der Waals surface area contributed by atoms with E-state index in [-0.39, 0.29) is 26.6 Å². The van der Waals surface area contributed by atoms with Crippen LogP contribution in [0.5, 0.6) is 11.5 Å². The molecule has 0 saturated heterocycles. The zero-order chi connectivity index (χ0) is 38.5. The summed E-state index contributed by atoms with van der Waals surface area (Å²) in [6.07, 6.45) is 4.77. The summed E-state index contributed by atoms with van der Waals surface area (Å²) < 4.78 is 54.2. The molecule has 53 heavy (non-hydrogen) atoms. The van der Waals surface area contributed by atoms with Gasteiger partial charge in [0, 0.05) is 0 Å². The second kappa shape index (κ2) is 23.5. The van der Waals surface area contributed by atoms with E-state index < -0.39 is 20.0 Å². The Balaban J connectivity index is 1.84. The van der Waals surface area contributed by atoms with Gasteiger partial charge < -0.3 is 42.3 Å². The molecule has 292 valence electrons. The van der Waals surface area contributed by atoms with Gasteiger partial charge in [-0.1, -0.05) is 102 Å². The zero-order valence-electron chi connectivity index (χ0n) is 33.1. The Kier molecular flexibility index (Phi) is 19.6. The van der Waals surface area contributed by atoms with E-state index in [9.17, 15) is 0 Å². The number of hydrogen-bond acceptors (Lipinski definition) is 9. The summed E-state index contributed by atoms with van der Waals surface area (Å²) in [4.78, 5) is 0. The van der Waals surface area contributed by atoms with Crippen LogP contribution >= 0.6 is 0 Å². The largest absolute Gasteiger partial charge is 0.497 e. The van der Waals surface area contributed by atoms with Crippen LogP contribution in [0.15, 0.2) is 78.9 Å². The summed E-state index contributed by atoms with van der Waals surface area (Å²) in [6.45, 7) is 17.1. The van der Waals surface area contributed by atoms with Crippen LogP contribution in [0.25, 0.3) is 0 Å². The lowest BCUT2D eigenvalue weighted by Crippen LogP contribution is -2.48. The van der Waals surface area contributed by atoms with Gasteiger partial charge in [-0.25, -0.2) is 0 Å². The van der Waals surface area contributed by atoms with Crippen molar-refractivity contribution >= 4 is 8.32 Å². The summed E-state index contributed by atoms with van der Waals surface area (Å²) in [5.41, 5.74) is 3.17. The van der Waals surface area contributed by atoms with Gasteiger partial charge in [0.05, 0.1) is 67.1 Å². The van der Waals surface area contributed by atoms with E-state index in [1.807, 2.05) is 66.7 Å². The highest BCUT2D eigenvalue weighted by molar-refractivity contribution is 6.77. The van der Waals surface area contributed by atoms with Crippen LogP contribution in [0.3, 0.4) is 0 Å². The fourth-order valence-corrected chi connectivity index (χ4v) is 12.4. The van der Waals surface area contributed by atoms with Gasteiger partial charge in [0.15, 0.2) is 0 Å². The van der Waals surface area contributed by atoms with Crippen LogP contribution in [0.4, 0.5) is 0 Å². The molecule has 0 bridgehead atoms. The molecule has 3 aromatic rings. The minimum atomic E-state index is -2.12. The molecule has 0 saturated carbocycles. The minimum Gasteiger partial charge on any atom is -0.497 e. The summed E-state index contributed by atoms with van der Waals surface area (Å²) in [6, 6.07) is 26.2. The third kappa shape index (κ3) is 12.7. The number of ether oxygens (including phenoxy) is 8. The highest BCUT2D eigenvalue weighted by Crippen LogP contribution is 2.43. The quantitative estimate of drug-likeness (QED) is 0.0252. The normalized spacial score (nSPS) is 12.7. The fourth-order valence-electron chi connectivity index (χ4n) is 7.10. The molecule has 9 nitrogen and oxygen atoms in total. The summed E-state index contributed by atoms with van der Waals surface area (Å²) in [7, 11) is 1.21. The molecule has 0 aliphatic heterocycles. The van der Waals surface area contributed by atoms with Crippen molar-refractivity contribution in [2.75, 3.05) is 80.5 Å². The predicted octanol–water partition coefficient (Wildman–Crippen LogP) is 8.25. The van der Waals surface area contributed by atoms with Gasteiger partial charge in [0.25, 0.3) is 0 Å². The molecule has 0 aliphatic carbocycles. The van der Waals surface area contributed by atoms with Crippen molar-refractivity contribution in [3.8, 4) is 23.8 Å². The third-order valence-electron chi connectivity index (χ3n) is 9.57. The molecular formula is C43H62O9Si. The molecule has 1 atom stereocenters. The number of methoxy groups -OCH3 is 2. The van der Waals surface area contributed by atoms with Crippen LogP contribution < -0.4 is 9.47 Å². The monoisotopic (exact) mass is 750 g/mol. The molecule has 0 radical (unpaired) electrons. The van der Waals surface area contributed by atoms with Crippen LogP contribution in [0.1, 0.15) is 58.2 Å². The average molecular weight is 751 g/mol. The molecule has 0 aromatic heterocycles. The fraction of sp³-hybridized carbons (Fsp3) is 0.535. The van der Waals surface area contributed by atoms with Crippen LogP contribution in [-0.4, -0.2) is 94.9 Å². The van der Waals surface area contributed by atoms with E-state index in [4.69, 9.17) is 48.7 Å². The Morgan fingerprint density at radius 1 is 0.585 bits per heavy atom. The first kappa shape index (κ1) is 44.2. The Labute approximate surface area is 319 Å². The molecular weight excluding hydrogens is 689 g/mol. The van der Waals surface area contributed by atoms with Crippen LogP contribution in [0, 0.1) is 12.3 Å². The lowest BCUT2D eigenvalue weighted by molar-refractivity contribution is -0.115. The molecule has 0 fully saturated rings. The molecule has 0 amide bonds. The first-order chi connectivity index (χ1) is 25.6. The molecule has 3 rings (SSSR count). The van der Waals surface area contributed by atoms with Crippen molar-refractivity contribution in [2.24, 2.45) is 0 Å². The van der Waals surface area contributed by atoms with Crippen molar-refractivity contribution in [2.45, 2.75) is 69.9 Å². The lowest BCUT2D eigenvalue weighted by atomic mass is 9.80. The van der Waals surface area contributed by atoms with Gasteiger partial charge in [-0.15, -0.1) is 6.42 Å². The smallest absolute Gasteiger partial charge is 0.203 e. The Hall–Kier alpha value is -3.24. The van der Waals surface area contributed by atoms with Crippen molar-refractivity contribution in [1.29, 1.82) is 0 Å². The topological polar surface area (TPSA) is 83.1 Å². The second-order valence-corrected chi connectivity index (χ2v) is 19.2. The molecule has 3 aromatic carbocycles. The minimum absolute atomic E-state index is 0.195. The highest BCUT2D eigenvalue weighted by atomic mass is 28.4. The molecule has 0 aliphatic rings. The molecule has 0 spiro atoms. The molecule has 0 heterocycles. The number of hydrogen-bond donors (Lipinski definition) is 0. The lowest BCUT2D eigenvalue weighted by Gasteiger charge is -2.42. The van der Waals surface area contributed by atoms with Crippen LogP contribution in [-0.2, 0) is 38.4 Å². The Bertz CT molecular complexity index is 1370. The van der Waals surface area contributed by atoms with Gasteiger partial charge in [-0.05, 0) is 57.6 Å². The number of terminal acetylenes is 1. The van der Waals surface area contributed by atoms with Crippen molar-refractivity contribution in [1.82, 2.24) is 0 Å². The average Bonchev–Trinajstić information content (AvgIpc) is 3.17. The first-order valence-corrected chi connectivity index (χ1v) is 20.8. The van der Waals surface area contributed by atoms with Gasteiger partial charge in [-0.3, -0.25) is 0 Å².